The van der Waals surface area contributed by atoms with Crippen LogP contribution in [0.5, 0.6) is 0 Å². The van der Waals surface area contributed by atoms with E-state index in [9.17, 15) is 8.42 Å². The van der Waals surface area contributed by atoms with Crippen molar-refractivity contribution in [1.29, 1.82) is 0 Å². The third-order valence-corrected chi connectivity index (χ3v) is 5.39. The van der Waals surface area contributed by atoms with Crippen LogP contribution < -0.4 is 4.72 Å². The van der Waals surface area contributed by atoms with Crippen molar-refractivity contribution in [3.8, 4) is 0 Å². The summed E-state index contributed by atoms with van der Waals surface area (Å²) in [4.78, 5) is 5.18. The van der Waals surface area contributed by atoms with Gasteiger partial charge in [-0.25, -0.2) is 13.1 Å². The molecule has 6 heteroatoms. The van der Waals surface area contributed by atoms with E-state index < -0.39 is 10.0 Å². The summed E-state index contributed by atoms with van der Waals surface area (Å²) in [5, 5.41) is 0. The van der Waals surface area contributed by atoms with Crippen LogP contribution in [0.1, 0.15) is 13.3 Å². The summed E-state index contributed by atoms with van der Waals surface area (Å²) in [6.45, 7) is 9.15. The zero-order valence-corrected chi connectivity index (χ0v) is 13.5. The molecule has 1 aliphatic rings. The summed E-state index contributed by atoms with van der Waals surface area (Å²) in [6.07, 6.45) is 0.845. The molecule has 0 aliphatic carbocycles. The van der Waals surface area contributed by atoms with Gasteiger partial charge < -0.3 is 9.80 Å². The highest BCUT2D eigenvalue weighted by Gasteiger charge is 2.16. The molecule has 1 aliphatic heterocycles. The summed E-state index contributed by atoms with van der Waals surface area (Å²) in [7, 11) is -3.35. The number of rotatable bonds is 7. The van der Waals surface area contributed by atoms with Crippen molar-refractivity contribution in [1.82, 2.24) is 14.5 Å². The highest BCUT2D eigenvalue weighted by Crippen LogP contribution is 2.07. The maximum atomic E-state index is 12.0. The smallest absolute Gasteiger partial charge is 0.240 e. The summed E-state index contributed by atoms with van der Waals surface area (Å²) in [5.41, 5.74) is 0. The first-order valence-corrected chi connectivity index (χ1v) is 9.09. The molecular weight excluding hydrogens is 286 g/mol. The van der Waals surface area contributed by atoms with Gasteiger partial charge in [-0.1, -0.05) is 25.1 Å². The van der Waals surface area contributed by atoms with Gasteiger partial charge in [0.15, 0.2) is 0 Å². The van der Waals surface area contributed by atoms with Gasteiger partial charge in [0.25, 0.3) is 0 Å². The Hall–Kier alpha value is -0.950. The largest absolute Gasteiger partial charge is 0.301 e. The third-order valence-electron chi connectivity index (χ3n) is 3.91. The lowest BCUT2D eigenvalue weighted by atomic mass is 10.3. The fourth-order valence-electron chi connectivity index (χ4n) is 2.52. The minimum absolute atomic E-state index is 0.335. The first-order chi connectivity index (χ1) is 10.1. The van der Waals surface area contributed by atoms with Gasteiger partial charge in [0.2, 0.25) is 10.0 Å². The minimum atomic E-state index is -3.35. The van der Waals surface area contributed by atoms with Gasteiger partial charge in [0.1, 0.15) is 0 Å². The van der Waals surface area contributed by atoms with E-state index in [-0.39, 0.29) is 0 Å². The SMILES string of the molecule is CCN1CCN(CCCNS(=O)(=O)c2ccccc2)CC1. The molecule has 21 heavy (non-hydrogen) atoms. The van der Waals surface area contributed by atoms with Crippen LogP contribution in [0.3, 0.4) is 0 Å². The van der Waals surface area contributed by atoms with Gasteiger partial charge in [-0.15, -0.1) is 0 Å². The lowest BCUT2D eigenvalue weighted by molar-refractivity contribution is 0.136. The maximum absolute atomic E-state index is 12.0. The number of sulfonamides is 1. The van der Waals surface area contributed by atoms with Crippen LogP contribution in [0.2, 0.25) is 0 Å². The van der Waals surface area contributed by atoms with Gasteiger partial charge >= 0.3 is 0 Å². The lowest BCUT2D eigenvalue weighted by Gasteiger charge is -2.33. The van der Waals surface area contributed by atoms with E-state index in [2.05, 4.69) is 21.4 Å². The Morgan fingerprint density at radius 2 is 1.67 bits per heavy atom. The number of hydrogen-bond donors (Lipinski definition) is 1. The molecule has 1 aromatic carbocycles. The summed E-state index contributed by atoms with van der Waals surface area (Å²) < 4.78 is 26.7. The number of hydrogen-bond acceptors (Lipinski definition) is 4. The number of benzene rings is 1. The van der Waals surface area contributed by atoms with Crippen LogP contribution >= 0.6 is 0 Å². The third kappa shape index (κ3) is 5.07. The molecule has 0 radical (unpaired) electrons. The molecule has 5 nitrogen and oxygen atoms in total. The normalized spacial score (nSPS) is 18.0. The Kier molecular flexibility index (Phi) is 6.17. The molecule has 1 saturated heterocycles. The molecule has 1 aromatic rings. The molecule has 0 saturated carbocycles. The topological polar surface area (TPSA) is 52.6 Å². The second-order valence-electron chi connectivity index (χ2n) is 5.34. The first-order valence-electron chi connectivity index (χ1n) is 7.61. The quantitative estimate of drug-likeness (QED) is 0.763. The molecule has 2 rings (SSSR count). The van der Waals surface area contributed by atoms with Gasteiger partial charge in [-0.05, 0) is 31.6 Å². The first kappa shape index (κ1) is 16.4. The van der Waals surface area contributed by atoms with E-state index in [1.807, 2.05) is 6.07 Å². The highest BCUT2D eigenvalue weighted by atomic mass is 32.2. The van der Waals surface area contributed by atoms with Crippen molar-refractivity contribution in [3.63, 3.8) is 0 Å². The van der Waals surface area contributed by atoms with E-state index in [4.69, 9.17) is 0 Å². The zero-order chi connectivity index (χ0) is 15.1. The molecule has 118 valence electrons. The molecular formula is C15H25N3O2S. The standard InChI is InChI=1S/C15H25N3O2S/c1-2-17-11-13-18(14-12-17)10-6-9-16-21(19,20)15-7-4-3-5-8-15/h3-5,7-8,16H,2,6,9-14H2,1H3. The second-order valence-corrected chi connectivity index (χ2v) is 7.11. The van der Waals surface area contributed by atoms with Crippen molar-refractivity contribution in [2.45, 2.75) is 18.2 Å². The van der Waals surface area contributed by atoms with Gasteiger partial charge in [-0.3, -0.25) is 0 Å². The number of likely N-dealkylation sites (N-methyl/N-ethyl adjacent to an activating group) is 1. The molecule has 1 heterocycles. The highest BCUT2D eigenvalue weighted by molar-refractivity contribution is 7.89. The van der Waals surface area contributed by atoms with E-state index in [0.29, 0.717) is 11.4 Å². The Morgan fingerprint density at radius 1 is 1.05 bits per heavy atom. The van der Waals surface area contributed by atoms with Crippen molar-refractivity contribution in [2.24, 2.45) is 0 Å². The molecule has 1 N–H and O–H groups in total. The van der Waals surface area contributed by atoms with Crippen molar-refractivity contribution >= 4 is 10.0 Å². The molecule has 0 bridgehead atoms. The fraction of sp³-hybridized carbons (Fsp3) is 0.600. The van der Waals surface area contributed by atoms with Crippen LogP contribution in [-0.4, -0.2) is 64.0 Å². The monoisotopic (exact) mass is 311 g/mol. The van der Waals surface area contributed by atoms with E-state index in [0.717, 1.165) is 45.7 Å². The van der Waals surface area contributed by atoms with Crippen LogP contribution in [0.15, 0.2) is 35.2 Å². The molecule has 0 amide bonds. The summed E-state index contributed by atoms with van der Waals surface area (Å²) in [5.74, 6) is 0. The van der Waals surface area contributed by atoms with Gasteiger partial charge in [-0.2, -0.15) is 0 Å². The van der Waals surface area contributed by atoms with E-state index >= 15 is 0 Å². The second kappa shape index (κ2) is 7.89. The molecule has 0 spiro atoms. The number of nitrogens with one attached hydrogen (secondary N) is 1. The van der Waals surface area contributed by atoms with Crippen molar-refractivity contribution < 1.29 is 8.42 Å². The molecule has 0 aromatic heterocycles. The van der Waals surface area contributed by atoms with Gasteiger partial charge in [0.05, 0.1) is 4.90 Å². The maximum Gasteiger partial charge on any atom is 0.240 e. The van der Waals surface area contributed by atoms with Crippen LogP contribution in [0, 0.1) is 0 Å². The minimum Gasteiger partial charge on any atom is -0.301 e. The van der Waals surface area contributed by atoms with Crippen LogP contribution in [-0.2, 0) is 10.0 Å². The fourth-order valence-corrected chi connectivity index (χ4v) is 3.62. The van der Waals surface area contributed by atoms with Crippen molar-refractivity contribution in [2.75, 3.05) is 45.8 Å². The average molecular weight is 311 g/mol. The molecule has 0 unspecified atom stereocenters. The van der Waals surface area contributed by atoms with Gasteiger partial charge in [0, 0.05) is 32.7 Å². The Bertz CT molecular complexity index is 511. The summed E-state index contributed by atoms with van der Waals surface area (Å²) in [6, 6.07) is 8.52. The van der Waals surface area contributed by atoms with E-state index in [1.54, 1.807) is 24.3 Å². The van der Waals surface area contributed by atoms with Crippen molar-refractivity contribution in [3.05, 3.63) is 30.3 Å². The lowest BCUT2D eigenvalue weighted by Crippen LogP contribution is -2.46. The summed E-state index contributed by atoms with van der Waals surface area (Å²) >= 11 is 0. The van der Waals surface area contributed by atoms with Crippen LogP contribution in [0.25, 0.3) is 0 Å². The average Bonchev–Trinajstić information content (AvgIpc) is 2.53. The molecule has 0 atom stereocenters. The predicted molar refractivity (Wildman–Crippen MR) is 84.8 cm³/mol. The zero-order valence-electron chi connectivity index (χ0n) is 12.7. The Balaban J connectivity index is 1.68. The Morgan fingerprint density at radius 3 is 2.29 bits per heavy atom. The van der Waals surface area contributed by atoms with Crippen LogP contribution in [0.4, 0.5) is 0 Å². The molecule has 1 fully saturated rings. The number of nitrogens with zero attached hydrogens (tertiary/aromatic N) is 2. The number of piperazine rings is 1. The van der Waals surface area contributed by atoms with E-state index in [1.165, 1.54) is 0 Å². The predicted octanol–water partition coefficient (Wildman–Crippen LogP) is 0.992. The Labute approximate surface area is 128 Å².